The number of esters is 1. The summed E-state index contributed by atoms with van der Waals surface area (Å²) < 4.78 is 20.1. The normalized spacial score (nSPS) is 11.6. The highest BCUT2D eigenvalue weighted by molar-refractivity contribution is 7.98. The van der Waals surface area contributed by atoms with Crippen LogP contribution in [0.1, 0.15) is 42.8 Å². The van der Waals surface area contributed by atoms with Gasteiger partial charge in [0.2, 0.25) is 5.91 Å². The molecule has 12 heteroatoms. The van der Waals surface area contributed by atoms with Crippen LogP contribution in [0.4, 0.5) is 10.1 Å². The molecule has 1 N–H and O–H groups in total. The van der Waals surface area contributed by atoms with Crippen LogP contribution in [0.15, 0.2) is 84.0 Å². The first-order valence-corrected chi connectivity index (χ1v) is 13.9. The Kier molecular flexibility index (Phi) is 10.2. The second-order valence-electron chi connectivity index (χ2n) is 8.98. The number of benzene rings is 3. The fourth-order valence-corrected chi connectivity index (χ4v) is 4.98. The maximum Gasteiger partial charge on any atom is 0.306 e. The van der Waals surface area contributed by atoms with Gasteiger partial charge in [0.15, 0.2) is 11.0 Å². The molecule has 10 nitrogen and oxygen atoms in total. The number of ether oxygens (including phenoxy) is 1. The Balaban J connectivity index is 1.69. The van der Waals surface area contributed by atoms with Crippen molar-refractivity contribution in [3.8, 4) is 5.69 Å². The van der Waals surface area contributed by atoms with Crippen molar-refractivity contribution >= 4 is 29.3 Å². The van der Waals surface area contributed by atoms with Gasteiger partial charge in [-0.3, -0.25) is 24.3 Å². The smallest absolute Gasteiger partial charge is 0.306 e. The summed E-state index contributed by atoms with van der Waals surface area (Å²) in [5.41, 5.74) is 2.29. The van der Waals surface area contributed by atoms with Crippen LogP contribution in [0.2, 0.25) is 0 Å². The molecule has 0 spiro atoms. The number of hydrogen-bond acceptors (Lipinski definition) is 8. The van der Waals surface area contributed by atoms with E-state index in [2.05, 4.69) is 15.5 Å². The minimum atomic E-state index is -0.644. The van der Waals surface area contributed by atoms with E-state index in [1.165, 1.54) is 36.0 Å². The van der Waals surface area contributed by atoms with Crippen LogP contribution in [0.5, 0.6) is 0 Å². The van der Waals surface area contributed by atoms with E-state index in [0.29, 0.717) is 28.8 Å². The van der Waals surface area contributed by atoms with Gasteiger partial charge in [-0.15, -0.1) is 10.2 Å². The molecule has 0 radical (unpaired) electrons. The van der Waals surface area contributed by atoms with Gasteiger partial charge in [0, 0.05) is 30.0 Å². The Bertz CT molecular complexity index is 1480. The molecule has 0 saturated carbocycles. The average Bonchev–Trinajstić information content (AvgIpc) is 3.40. The molecule has 0 bridgehead atoms. The minimum Gasteiger partial charge on any atom is -0.466 e. The van der Waals surface area contributed by atoms with Gasteiger partial charge in [0.1, 0.15) is 5.82 Å². The maximum absolute atomic E-state index is 13.4. The number of non-ortho nitro benzene ring substituents is 1. The largest absolute Gasteiger partial charge is 0.466 e. The van der Waals surface area contributed by atoms with E-state index >= 15 is 0 Å². The summed E-state index contributed by atoms with van der Waals surface area (Å²) >= 11 is 1.35. The molecule has 212 valence electrons. The molecule has 0 saturated heterocycles. The molecular weight excluding hydrogens is 549 g/mol. The first-order valence-electron chi connectivity index (χ1n) is 12.9. The van der Waals surface area contributed by atoms with Crippen LogP contribution in [-0.4, -0.2) is 38.2 Å². The van der Waals surface area contributed by atoms with Crippen molar-refractivity contribution in [1.29, 1.82) is 0 Å². The summed E-state index contributed by atoms with van der Waals surface area (Å²) in [4.78, 5) is 35.5. The van der Waals surface area contributed by atoms with Crippen LogP contribution in [0, 0.1) is 15.9 Å². The SMILES string of the molecule is CCOC(=O)CCC(=O)NC(Cc1ccccc1)c1nnc(SCc2ccc(F)cc2)n1-c1ccc([N+](=O)[O-])cc1. The Labute approximate surface area is 240 Å². The highest BCUT2D eigenvalue weighted by atomic mass is 32.2. The summed E-state index contributed by atoms with van der Waals surface area (Å²) in [6.07, 6.45) is 0.243. The van der Waals surface area contributed by atoms with Crippen molar-refractivity contribution in [2.45, 2.75) is 43.1 Å². The Morgan fingerprint density at radius 3 is 2.37 bits per heavy atom. The predicted octanol–water partition coefficient (Wildman–Crippen LogP) is 5.35. The van der Waals surface area contributed by atoms with Crippen molar-refractivity contribution < 1.29 is 23.6 Å². The summed E-state index contributed by atoms with van der Waals surface area (Å²) in [6, 6.07) is 20.9. The van der Waals surface area contributed by atoms with Crippen LogP contribution in [0.25, 0.3) is 5.69 Å². The van der Waals surface area contributed by atoms with Crippen LogP contribution in [0.3, 0.4) is 0 Å². The van der Waals surface area contributed by atoms with E-state index < -0.39 is 16.9 Å². The lowest BCUT2D eigenvalue weighted by Gasteiger charge is -2.20. The quantitative estimate of drug-likeness (QED) is 0.0974. The summed E-state index contributed by atoms with van der Waals surface area (Å²) in [7, 11) is 0. The Hall–Kier alpha value is -4.58. The van der Waals surface area contributed by atoms with E-state index in [1.54, 1.807) is 35.8 Å². The minimum absolute atomic E-state index is 0.0639. The molecule has 1 atom stereocenters. The highest BCUT2D eigenvalue weighted by Crippen LogP contribution is 2.30. The molecule has 3 aromatic carbocycles. The van der Waals surface area contributed by atoms with Gasteiger partial charge >= 0.3 is 5.97 Å². The number of amides is 1. The number of nitro groups is 1. The Morgan fingerprint density at radius 2 is 1.71 bits per heavy atom. The predicted molar refractivity (Wildman–Crippen MR) is 151 cm³/mol. The van der Waals surface area contributed by atoms with E-state index in [1.807, 2.05) is 30.3 Å². The molecule has 1 unspecified atom stereocenters. The molecule has 0 fully saturated rings. The number of carbonyl (C=O) groups is 2. The number of carbonyl (C=O) groups excluding carboxylic acids is 2. The third-order valence-corrected chi connectivity index (χ3v) is 7.05. The monoisotopic (exact) mass is 577 g/mol. The Morgan fingerprint density at radius 1 is 1.00 bits per heavy atom. The van der Waals surface area contributed by atoms with E-state index in [4.69, 9.17) is 4.74 Å². The maximum atomic E-state index is 13.4. The lowest BCUT2D eigenvalue weighted by atomic mass is 10.0. The molecular formula is C29H28FN5O5S. The third kappa shape index (κ3) is 8.21. The highest BCUT2D eigenvalue weighted by Gasteiger charge is 2.25. The number of nitro benzene ring substituents is 1. The fourth-order valence-electron chi connectivity index (χ4n) is 4.07. The molecule has 0 aliphatic rings. The third-order valence-electron chi connectivity index (χ3n) is 6.05. The van der Waals surface area contributed by atoms with Crippen LogP contribution >= 0.6 is 11.8 Å². The molecule has 4 aromatic rings. The fraction of sp³-hybridized carbons (Fsp3) is 0.241. The van der Waals surface area contributed by atoms with Crippen LogP contribution in [-0.2, 0) is 26.5 Å². The standard InChI is InChI=1S/C29H28FN5O5S/c1-2-40-27(37)17-16-26(36)31-25(18-20-6-4-3-5-7-20)28-32-33-29(41-19-21-8-10-22(30)11-9-21)34(28)23-12-14-24(15-13-23)35(38)39/h3-15,25H,2,16-19H2,1H3,(H,31,36). The molecule has 4 rings (SSSR count). The number of nitrogens with zero attached hydrogens (tertiary/aromatic N) is 4. The van der Waals surface area contributed by atoms with E-state index in [9.17, 15) is 24.1 Å². The molecule has 0 aliphatic heterocycles. The van der Waals surface area contributed by atoms with Gasteiger partial charge in [-0.25, -0.2) is 4.39 Å². The van der Waals surface area contributed by atoms with Crippen molar-refractivity contribution in [3.63, 3.8) is 0 Å². The van der Waals surface area contributed by atoms with Gasteiger partial charge in [-0.2, -0.15) is 0 Å². The van der Waals surface area contributed by atoms with Gasteiger partial charge in [0.05, 0.1) is 24.0 Å². The van der Waals surface area contributed by atoms with E-state index in [-0.39, 0.29) is 36.9 Å². The zero-order chi connectivity index (χ0) is 29.2. The molecule has 0 aliphatic carbocycles. The zero-order valence-electron chi connectivity index (χ0n) is 22.2. The zero-order valence-corrected chi connectivity index (χ0v) is 23.1. The lowest BCUT2D eigenvalue weighted by Crippen LogP contribution is -2.32. The van der Waals surface area contributed by atoms with Gasteiger partial charge in [-0.1, -0.05) is 54.2 Å². The van der Waals surface area contributed by atoms with Crippen molar-refractivity contribution in [2.75, 3.05) is 6.61 Å². The second kappa shape index (κ2) is 14.2. The summed E-state index contributed by atoms with van der Waals surface area (Å²) in [5, 5.41) is 23.6. The van der Waals surface area contributed by atoms with Crippen molar-refractivity contribution in [1.82, 2.24) is 20.1 Å². The van der Waals surface area contributed by atoms with Gasteiger partial charge < -0.3 is 10.1 Å². The van der Waals surface area contributed by atoms with Crippen molar-refractivity contribution in [2.24, 2.45) is 0 Å². The molecule has 41 heavy (non-hydrogen) atoms. The van der Waals surface area contributed by atoms with Gasteiger partial charge in [-0.05, 0) is 48.7 Å². The molecule has 1 heterocycles. The first kappa shape index (κ1) is 29.4. The first-order chi connectivity index (χ1) is 19.8. The topological polar surface area (TPSA) is 129 Å². The van der Waals surface area contributed by atoms with Crippen LogP contribution < -0.4 is 5.32 Å². The lowest BCUT2D eigenvalue weighted by molar-refractivity contribution is -0.384. The second-order valence-corrected chi connectivity index (χ2v) is 9.92. The van der Waals surface area contributed by atoms with E-state index in [0.717, 1.165) is 11.1 Å². The van der Waals surface area contributed by atoms with Gasteiger partial charge in [0.25, 0.3) is 5.69 Å². The number of aromatic nitrogens is 3. The molecule has 1 amide bonds. The number of hydrogen-bond donors (Lipinski definition) is 1. The molecule has 1 aromatic heterocycles. The average molecular weight is 578 g/mol. The summed E-state index contributed by atoms with van der Waals surface area (Å²) in [5.74, 6) is -0.291. The number of thioether (sulfide) groups is 1. The number of rotatable bonds is 13. The number of halogens is 1. The summed E-state index contributed by atoms with van der Waals surface area (Å²) in [6.45, 7) is 1.93. The number of nitrogens with one attached hydrogen (secondary N) is 1. The van der Waals surface area contributed by atoms with Crippen molar-refractivity contribution in [3.05, 3.63) is 112 Å².